The summed E-state index contributed by atoms with van der Waals surface area (Å²) in [5.41, 5.74) is 3.30. The molecule has 1 N–H and O–H groups in total. The molecule has 1 amide bonds. The van der Waals surface area contributed by atoms with Crippen molar-refractivity contribution >= 4 is 28.3 Å². The second kappa shape index (κ2) is 7.79. The lowest BCUT2D eigenvalue weighted by molar-refractivity contribution is -0.112. The molecule has 140 valence electrons. The minimum atomic E-state index is -0.697. The van der Waals surface area contributed by atoms with Crippen molar-refractivity contribution in [3.63, 3.8) is 0 Å². The highest BCUT2D eigenvalue weighted by atomic mass is 16.2. The zero-order valence-corrected chi connectivity index (χ0v) is 15.4. The molecule has 6 heteroatoms. The zero-order valence-electron chi connectivity index (χ0n) is 15.4. The van der Waals surface area contributed by atoms with Crippen molar-refractivity contribution in [2.45, 2.75) is 6.54 Å². The molecule has 0 fully saturated rings. The number of fused-ring (bicyclic) bond motifs is 1. The summed E-state index contributed by atoms with van der Waals surface area (Å²) in [5.74, 6) is -1.30. The quantitative estimate of drug-likeness (QED) is 0.422. The molecular weight excluding hydrogens is 364 g/mol. The fraction of sp³-hybridized carbons (Fsp3) is 0.0435. The first kappa shape index (κ1) is 18.1. The second-order valence-electron chi connectivity index (χ2n) is 6.52. The van der Waals surface area contributed by atoms with E-state index >= 15 is 0 Å². The van der Waals surface area contributed by atoms with Gasteiger partial charge in [-0.05, 0) is 35.9 Å². The van der Waals surface area contributed by atoms with Crippen molar-refractivity contribution in [1.29, 1.82) is 5.26 Å². The number of hydrogen-bond donors (Lipinski definition) is 1. The molecule has 0 aliphatic rings. The summed E-state index contributed by atoms with van der Waals surface area (Å²) in [4.78, 5) is 29.2. The third-order valence-electron chi connectivity index (χ3n) is 4.61. The standard InChI is InChI=1S/C23H16N4O2/c24-13-16-5-7-17(8-6-16)14-27-15-20(19-3-1-2-4-21(19)27)22(28)23(29)26-18-9-11-25-12-10-18/h1-12,15H,14H2,(H,25,26,29). The number of para-hydroxylation sites is 1. The normalized spacial score (nSPS) is 10.4. The predicted molar refractivity (Wildman–Crippen MR) is 109 cm³/mol. The topological polar surface area (TPSA) is 87.8 Å². The molecule has 0 bridgehead atoms. The summed E-state index contributed by atoms with van der Waals surface area (Å²) < 4.78 is 1.93. The maximum Gasteiger partial charge on any atom is 0.296 e. The van der Waals surface area contributed by atoms with Crippen LogP contribution in [0.1, 0.15) is 21.5 Å². The first-order valence-corrected chi connectivity index (χ1v) is 8.98. The van der Waals surface area contributed by atoms with E-state index in [-0.39, 0.29) is 0 Å². The Balaban J connectivity index is 1.65. The third kappa shape index (κ3) is 3.75. The molecule has 0 aliphatic heterocycles. The van der Waals surface area contributed by atoms with Gasteiger partial charge in [0.15, 0.2) is 0 Å². The largest absolute Gasteiger partial charge is 0.342 e. The fourth-order valence-corrected chi connectivity index (χ4v) is 3.19. The maximum atomic E-state index is 12.8. The van der Waals surface area contributed by atoms with Crippen LogP contribution in [-0.2, 0) is 11.3 Å². The van der Waals surface area contributed by atoms with E-state index < -0.39 is 11.7 Å². The number of carbonyl (C=O) groups is 2. The van der Waals surface area contributed by atoms with Crippen LogP contribution in [-0.4, -0.2) is 21.2 Å². The van der Waals surface area contributed by atoms with Crippen molar-refractivity contribution in [3.8, 4) is 6.07 Å². The minimum Gasteiger partial charge on any atom is -0.342 e. The summed E-state index contributed by atoms with van der Waals surface area (Å²) in [7, 11) is 0. The SMILES string of the molecule is N#Cc1ccc(Cn2cc(C(=O)C(=O)Nc3ccncc3)c3ccccc32)cc1. The molecule has 2 aromatic heterocycles. The Morgan fingerprint density at radius 2 is 1.72 bits per heavy atom. The Morgan fingerprint density at radius 3 is 2.45 bits per heavy atom. The summed E-state index contributed by atoms with van der Waals surface area (Å²) in [6, 6.07) is 20.1. The Labute approximate surface area is 167 Å². The van der Waals surface area contributed by atoms with Crippen LogP contribution in [0.4, 0.5) is 5.69 Å². The van der Waals surface area contributed by atoms with Gasteiger partial charge >= 0.3 is 0 Å². The first-order chi connectivity index (χ1) is 14.2. The number of anilines is 1. The van der Waals surface area contributed by atoms with Gasteiger partial charge in [-0.3, -0.25) is 14.6 Å². The zero-order chi connectivity index (χ0) is 20.2. The lowest BCUT2D eigenvalue weighted by atomic mass is 10.1. The highest BCUT2D eigenvalue weighted by molar-refractivity contribution is 6.48. The van der Waals surface area contributed by atoms with Crippen LogP contribution in [0.15, 0.2) is 79.3 Å². The Morgan fingerprint density at radius 1 is 1.00 bits per heavy atom. The molecule has 0 saturated carbocycles. The van der Waals surface area contributed by atoms with Gasteiger partial charge in [-0.1, -0.05) is 30.3 Å². The van der Waals surface area contributed by atoms with Crippen LogP contribution in [0, 0.1) is 11.3 Å². The number of nitrogens with zero attached hydrogens (tertiary/aromatic N) is 3. The molecule has 0 unspecified atom stereocenters. The van der Waals surface area contributed by atoms with Crippen molar-refractivity contribution in [2.75, 3.05) is 5.32 Å². The molecule has 6 nitrogen and oxygen atoms in total. The number of aromatic nitrogens is 2. The van der Waals surface area contributed by atoms with E-state index in [0.29, 0.717) is 23.4 Å². The molecule has 2 aromatic carbocycles. The fourth-order valence-electron chi connectivity index (χ4n) is 3.19. The van der Waals surface area contributed by atoms with E-state index in [9.17, 15) is 9.59 Å². The van der Waals surface area contributed by atoms with Crippen LogP contribution in [0.25, 0.3) is 10.9 Å². The number of amides is 1. The second-order valence-corrected chi connectivity index (χ2v) is 6.52. The van der Waals surface area contributed by atoms with Crippen LogP contribution >= 0.6 is 0 Å². The van der Waals surface area contributed by atoms with Crippen LogP contribution in [0.3, 0.4) is 0 Å². The van der Waals surface area contributed by atoms with Crippen LogP contribution < -0.4 is 5.32 Å². The maximum absolute atomic E-state index is 12.8. The molecule has 0 saturated heterocycles. The summed E-state index contributed by atoms with van der Waals surface area (Å²) in [6.07, 6.45) is 4.80. The van der Waals surface area contributed by atoms with Gasteiger partial charge in [0.1, 0.15) is 0 Å². The van der Waals surface area contributed by atoms with Gasteiger partial charge in [0.2, 0.25) is 0 Å². The number of nitriles is 1. The van der Waals surface area contributed by atoms with Gasteiger partial charge in [-0.2, -0.15) is 5.26 Å². The highest BCUT2D eigenvalue weighted by Crippen LogP contribution is 2.23. The van der Waals surface area contributed by atoms with Crippen molar-refractivity contribution in [2.24, 2.45) is 0 Å². The smallest absolute Gasteiger partial charge is 0.296 e. The van der Waals surface area contributed by atoms with Crippen molar-refractivity contribution in [3.05, 3.63) is 95.9 Å². The third-order valence-corrected chi connectivity index (χ3v) is 4.61. The number of Topliss-reactive ketones (excluding diaryl/α,β-unsaturated/α-hetero) is 1. The average molecular weight is 380 g/mol. The van der Waals surface area contributed by atoms with E-state index in [0.717, 1.165) is 16.5 Å². The van der Waals surface area contributed by atoms with Gasteiger partial charge in [-0.15, -0.1) is 0 Å². The Kier molecular flexibility index (Phi) is 4.87. The molecular formula is C23H16N4O2. The van der Waals surface area contributed by atoms with Crippen molar-refractivity contribution < 1.29 is 9.59 Å². The van der Waals surface area contributed by atoms with E-state index in [1.807, 2.05) is 41.0 Å². The lowest BCUT2D eigenvalue weighted by Gasteiger charge is -2.05. The molecule has 0 radical (unpaired) electrons. The molecule has 2 heterocycles. The van der Waals surface area contributed by atoms with Gasteiger partial charge in [0, 0.05) is 41.7 Å². The predicted octanol–water partition coefficient (Wildman–Crippen LogP) is 3.78. The van der Waals surface area contributed by atoms with E-state index in [4.69, 9.17) is 5.26 Å². The Hall–Kier alpha value is -4.24. The number of carbonyl (C=O) groups excluding carboxylic acids is 2. The average Bonchev–Trinajstić information content (AvgIpc) is 3.13. The van der Waals surface area contributed by atoms with Crippen molar-refractivity contribution in [1.82, 2.24) is 9.55 Å². The minimum absolute atomic E-state index is 0.348. The molecule has 4 rings (SSSR count). The van der Waals surface area contributed by atoms with Gasteiger partial charge in [-0.25, -0.2) is 0 Å². The monoisotopic (exact) mass is 380 g/mol. The number of rotatable bonds is 5. The van der Waals surface area contributed by atoms with E-state index in [2.05, 4.69) is 16.4 Å². The first-order valence-electron chi connectivity index (χ1n) is 8.98. The lowest BCUT2D eigenvalue weighted by Crippen LogP contribution is -2.22. The molecule has 0 spiro atoms. The number of ketones is 1. The molecule has 0 aliphatic carbocycles. The molecule has 0 atom stereocenters. The van der Waals surface area contributed by atoms with Gasteiger partial charge < -0.3 is 9.88 Å². The Bertz CT molecular complexity index is 1240. The number of nitrogens with one attached hydrogen (secondary N) is 1. The summed E-state index contributed by atoms with van der Waals surface area (Å²) in [6.45, 7) is 0.519. The van der Waals surface area contributed by atoms with E-state index in [1.54, 1.807) is 42.9 Å². The number of hydrogen-bond acceptors (Lipinski definition) is 4. The summed E-state index contributed by atoms with van der Waals surface area (Å²) in [5, 5.41) is 12.3. The van der Waals surface area contributed by atoms with E-state index in [1.165, 1.54) is 0 Å². The summed E-state index contributed by atoms with van der Waals surface area (Å²) >= 11 is 0. The highest BCUT2D eigenvalue weighted by Gasteiger charge is 2.21. The molecule has 4 aromatic rings. The van der Waals surface area contributed by atoms with Crippen LogP contribution in [0.2, 0.25) is 0 Å². The number of pyridine rings is 1. The molecule has 29 heavy (non-hydrogen) atoms. The van der Waals surface area contributed by atoms with Crippen LogP contribution in [0.5, 0.6) is 0 Å². The van der Waals surface area contributed by atoms with Gasteiger partial charge in [0.05, 0.1) is 17.2 Å². The van der Waals surface area contributed by atoms with Gasteiger partial charge in [0.25, 0.3) is 11.7 Å². The number of benzene rings is 2.